The minimum Gasteiger partial charge on any atom is -0.423 e. The standard InChI is InChI=1S/C22H19F5N6O2/c1-10-3-13-7-21(6-10,19-32-31-11(2)35-19)33(13)20(34)30-17-4-14(18-28-8-12(23)9-29-18)15(5-16(17)24)22(25,26)27/h4-5,8-10,13H,3,6-7H2,1-2H3,(H,30,34). The van der Waals surface area contributed by atoms with Gasteiger partial charge in [0.1, 0.15) is 11.4 Å². The van der Waals surface area contributed by atoms with Gasteiger partial charge in [0, 0.05) is 24.9 Å². The van der Waals surface area contributed by atoms with E-state index in [0.29, 0.717) is 37.5 Å². The first kappa shape index (κ1) is 23.1. The Hall–Kier alpha value is -3.64. The molecule has 1 aromatic carbocycles. The molecule has 0 spiro atoms. The molecule has 3 heterocycles. The van der Waals surface area contributed by atoms with Crippen LogP contribution in [0.1, 0.15) is 43.5 Å². The molecular formula is C22H19F5N6O2. The van der Waals surface area contributed by atoms with Crippen molar-refractivity contribution >= 4 is 11.7 Å². The van der Waals surface area contributed by atoms with E-state index in [1.54, 1.807) is 6.92 Å². The molecule has 8 nitrogen and oxygen atoms in total. The minimum atomic E-state index is -4.94. The number of hydrogen-bond donors (Lipinski definition) is 1. The summed E-state index contributed by atoms with van der Waals surface area (Å²) in [5.74, 6) is -1.76. The van der Waals surface area contributed by atoms with E-state index in [2.05, 4.69) is 25.5 Å². The molecule has 2 bridgehead atoms. The molecule has 1 N–H and O–H groups in total. The van der Waals surface area contributed by atoms with Crippen LogP contribution in [0.25, 0.3) is 11.4 Å². The van der Waals surface area contributed by atoms with Crippen LogP contribution in [-0.4, -0.2) is 37.1 Å². The molecule has 1 saturated heterocycles. The number of aromatic nitrogens is 4. The van der Waals surface area contributed by atoms with Gasteiger partial charge in [-0.3, -0.25) is 0 Å². The fourth-order valence-electron chi connectivity index (χ4n) is 5.15. The van der Waals surface area contributed by atoms with Crippen LogP contribution in [-0.2, 0) is 11.7 Å². The number of amides is 2. The van der Waals surface area contributed by atoms with Crippen molar-refractivity contribution in [3.8, 4) is 11.4 Å². The molecular weight excluding hydrogens is 475 g/mol. The molecule has 13 heteroatoms. The summed E-state index contributed by atoms with van der Waals surface area (Å²) in [6.07, 6.45) is -1.72. The van der Waals surface area contributed by atoms with Crippen molar-refractivity contribution in [2.24, 2.45) is 5.92 Å². The normalized spacial score (nSPS) is 23.7. The first-order chi connectivity index (χ1) is 16.5. The Bertz CT molecular complexity index is 1290. The third-order valence-electron chi connectivity index (χ3n) is 6.42. The van der Waals surface area contributed by atoms with E-state index in [-0.39, 0.29) is 23.9 Å². The van der Waals surface area contributed by atoms with Crippen molar-refractivity contribution in [3.63, 3.8) is 0 Å². The SMILES string of the molecule is Cc1nnc(C23CC(C)CC(C2)N3C(=O)Nc2cc(-c3ncc(F)cn3)c(C(F)(F)F)cc2F)o1. The minimum absolute atomic E-state index is 0.177. The predicted molar refractivity (Wildman–Crippen MR) is 111 cm³/mol. The van der Waals surface area contributed by atoms with Gasteiger partial charge in [0.05, 0.1) is 23.6 Å². The summed E-state index contributed by atoms with van der Waals surface area (Å²) < 4.78 is 74.4. The van der Waals surface area contributed by atoms with E-state index in [4.69, 9.17) is 4.42 Å². The first-order valence-corrected chi connectivity index (χ1v) is 10.8. The lowest BCUT2D eigenvalue weighted by Gasteiger charge is -2.61. The highest BCUT2D eigenvalue weighted by molar-refractivity contribution is 5.92. The Kier molecular flexibility index (Phi) is 5.25. The van der Waals surface area contributed by atoms with Gasteiger partial charge in [-0.25, -0.2) is 23.5 Å². The lowest BCUT2D eigenvalue weighted by atomic mass is 9.64. The highest BCUT2D eigenvalue weighted by atomic mass is 19.4. The monoisotopic (exact) mass is 494 g/mol. The summed E-state index contributed by atoms with van der Waals surface area (Å²) in [5, 5.41) is 10.3. The van der Waals surface area contributed by atoms with E-state index in [1.807, 2.05) is 6.92 Å². The number of hydrogen-bond acceptors (Lipinski definition) is 6. The summed E-state index contributed by atoms with van der Waals surface area (Å²) >= 11 is 0. The molecule has 3 atom stereocenters. The number of alkyl halides is 3. The van der Waals surface area contributed by atoms with E-state index in [0.717, 1.165) is 6.07 Å². The van der Waals surface area contributed by atoms with Crippen molar-refractivity contribution in [1.29, 1.82) is 0 Å². The second-order valence-corrected chi connectivity index (χ2v) is 8.96. The van der Waals surface area contributed by atoms with Crippen LogP contribution in [0, 0.1) is 24.5 Å². The quantitative estimate of drug-likeness (QED) is 0.511. The number of halogens is 5. The fraction of sp³-hybridized carbons (Fsp3) is 0.409. The Labute approximate surface area is 195 Å². The van der Waals surface area contributed by atoms with Crippen LogP contribution < -0.4 is 5.32 Å². The highest BCUT2D eigenvalue weighted by Gasteiger charge is 2.62. The molecule has 0 radical (unpaired) electrons. The average Bonchev–Trinajstić information content (AvgIpc) is 3.21. The molecule has 3 aromatic rings. The molecule has 2 aliphatic rings. The Morgan fingerprint density at radius 1 is 1.17 bits per heavy atom. The van der Waals surface area contributed by atoms with Crippen LogP contribution in [0.5, 0.6) is 0 Å². The number of nitrogens with one attached hydrogen (secondary N) is 1. The average molecular weight is 494 g/mol. The second-order valence-electron chi connectivity index (χ2n) is 8.96. The zero-order chi connectivity index (χ0) is 25.1. The number of carbonyl (C=O) groups is 1. The van der Waals surface area contributed by atoms with Crippen molar-refractivity contribution in [1.82, 2.24) is 25.1 Å². The summed E-state index contributed by atoms with van der Waals surface area (Å²) in [5.41, 5.74) is -3.33. The Morgan fingerprint density at radius 3 is 2.51 bits per heavy atom. The largest absolute Gasteiger partial charge is 0.423 e. The fourth-order valence-corrected chi connectivity index (χ4v) is 5.15. The molecule has 1 aliphatic carbocycles. The lowest BCUT2D eigenvalue weighted by molar-refractivity contribution is -0.137. The maximum absolute atomic E-state index is 14.8. The molecule has 1 aliphatic heterocycles. The number of aryl methyl sites for hydroxylation is 1. The van der Waals surface area contributed by atoms with Gasteiger partial charge in [-0.1, -0.05) is 6.92 Å². The van der Waals surface area contributed by atoms with Crippen molar-refractivity contribution in [2.45, 2.75) is 50.9 Å². The van der Waals surface area contributed by atoms with Gasteiger partial charge in [0.15, 0.2) is 11.6 Å². The van der Waals surface area contributed by atoms with Crippen molar-refractivity contribution in [3.05, 3.63) is 53.5 Å². The van der Waals surface area contributed by atoms with Crippen LogP contribution in [0.3, 0.4) is 0 Å². The van der Waals surface area contributed by atoms with Crippen LogP contribution in [0.15, 0.2) is 28.9 Å². The summed E-state index contributed by atoms with van der Waals surface area (Å²) in [6, 6.07) is 0.163. The number of carbonyl (C=O) groups excluding carboxylic acids is 1. The van der Waals surface area contributed by atoms with E-state index in [1.165, 1.54) is 4.90 Å². The van der Waals surface area contributed by atoms with Crippen LogP contribution >= 0.6 is 0 Å². The second kappa shape index (κ2) is 7.95. The van der Waals surface area contributed by atoms with Gasteiger partial charge < -0.3 is 14.6 Å². The van der Waals surface area contributed by atoms with Gasteiger partial charge in [-0.2, -0.15) is 13.2 Å². The van der Waals surface area contributed by atoms with Gasteiger partial charge >= 0.3 is 12.2 Å². The zero-order valence-electron chi connectivity index (χ0n) is 18.5. The predicted octanol–water partition coefficient (Wildman–Crippen LogP) is 5.06. The van der Waals surface area contributed by atoms with E-state index in [9.17, 15) is 26.7 Å². The lowest BCUT2D eigenvalue weighted by Crippen LogP contribution is -2.70. The van der Waals surface area contributed by atoms with E-state index >= 15 is 0 Å². The molecule has 2 aromatic heterocycles. The number of anilines is 1. The van der Waals surface area contributed by atoms with Crippen LogP contribution in [0.2, 0.25) is 0 Å². The summed E-state index contributed by atoms with van der Waals surface area (Å²) in [6.45, 7) is 3.65. The number of fused-ring (bicyclic) bond motifs is 2. The third-order valence-corrected chi connectivity index (χ3v) is 6.42. The first-order valence-electron chi connectivity index (χ1n) is 10.8. The molecule has 35 heavy (non-hydrogen) atoms. The third kappa shape index (κ3) is 3.88. The van der Waals surface area contributed by atoms with Crippen molar-refractivity contribution in [2.75, 3.05) is 5.32 Å². The number of benzene rings is 1. The number of piperidine rings is 1. The van der Waals surface area contributed by atoms with Crippen molar-refractivity contribution < 1.29 is 31.2 Å². The number of nitrogens with zero attached hydrogens (tertiary/aromatic N) is 5. The van der Waals surface area contributed by atoms with Gasteiger partial charge in [-0.05, 0) is 30.9 Å². The van der Waals surface area contributed by atoms with Gasteiger partial charge in [0.2, 0.25) is 11.8 Å². The molecule has 184 valence electrons. The summed E-state index contributed by atoms with van der Waals surface area (Å²) in [7, 11) is 0. The smallest absolute Gasteiger partial charge is 0.417 e. The van der Waals surface area contributed by atoms with Crippen LogP contribution in [0.4, 0.5) is 32.4 Å². The molecule has 5 rings (SSSR count). The molecule has 1 saturated carbocycles. The van der Waals surface area contributed by atoms with E-state index < -0.39 is 52.0 Å². The molecule has 3 unspecified atom stereocenters. The maximum Gasteiger partial charge on any atom is 0.417 e. The molecule has 2 fully saturated rings. The molecule has 2 amide bonds. The zero-order valence-corrected chi connectivity index (χ0v) is 18.5. The van der Waals surface area contributed by atoms with Gasteiger partial charge in [0.25, 0.3) is 0 Å². The van der Waals surface area contributed by atoms with Gasteiger partial charge in [-0.15, -0.1) is 10.2 Å². The summed E-state index contributed by atoms with van der Waals surface area (Å²) in [4.78, 5) is 21.9. The number of urea groups is 1. The Morgan fingerprint density at radius 2 is 1.89 bits per heavy atom. The number of likely N-dealkylation sites (tertiary alicyclic amines) is 1. The topological polar surface area (TPSA) is 97.0 Å². The highest BCUT2D eigenvalue weighted by Crippen LogP contribution is 2.55. The maximum atomic E-state index is 14.8. The number of rotatable bonds is 3. The Balaban J connectivity index is 1.51.